The summed E-state index contributed by atoms with van der Waals surface area (Å²) in [6, 6.07) is 0. The Morgan fingerprint density at radius 1 is 0.644 bits per heavy atom. The number of aliphatic hydroxyl groups is 4. The van der Waals surface area contributed by atoms with Gasteiger partial charge in [-0.05, 0) is 77.2 Å². The van der Waals surface area contributed by atoms with E-state index in [1.807, 2.05) is 19.9 Å². The van der Waals surface area contributed by atoms with E-state index in [1.54, 1.807) is 0 Å². The van der Waals surface area contributed by atoms with Crippen molar-refractivity contribution in [2.24, 2.45) is 0 Å². The van der Waals surface area contributed by atoms with Gasteiger partial charge < -0.3 is 34.6 Å². The summed E-state index contributed by atoms with van der Waals surface area (Å²) in [4.78, 5) is 11.6. The van der Waals surface area contributed by atoms with Crippen molar-refractivity contribution in [3.63, 3.8) is 0 Å². The second kappa shape index (κ2) is 21.8. The lowest BCUT2D eigenvalue weighted by Crippen LogP contribution is -2.33. The molecule has 262 valence electrons. The summed E-state index contributed by atoms with van der Waals surface area (Å²) in [7, 11) is 0. The number of unbranched alkanes of at least 4 members (excludes halogenated alkanes) is 12. The monoisotopic (exact) mass is 638 g/mol. The van der Waals surface area contributed by atoms with E-state index in [4.69, 9.17) is 14.2 Å². The number of carbonyl (C=O) groups excluding carboxylic acids is 1. The molecule has 3 aliphatic heterocycles. The molecule has 3 heterocycles. The fourth-order valence-electron chi connectivity index (χ4n) is 7.29. The van der Waals surface area contributed by atoms with Gasteiger partial charge in [0.05, 0.1) is 48.8 Å². The van der Waals surface area contributed by atoms with Crippen molar-refractivity contribution < 1.29 is 39.4 Å². The summed E-state index contributed by atoms with van der Waals surface area (Å²) in [6.45, 7) is 3.79. The lowest BCUT2D eigenvalue weighted by atomic mass is 10.00. The van der Waals surface area contributed by atoms with Gasteiger partial charge in [-0.3, -0.25) is 0 Å². The van der Waals surface area contributed by atoms with Gasteiger partial charge in [-0.15, -0.1) is 0 Å². The fourth-order valence-corrected chi connectivity index (χ4v) is 7.29. The van der Waals surface area contributed by atoms with Crippen molar-refractivity contribution in [1.82, 2.24) is 0 Å². The Morgan fingerprint density at radius 2 is 1.09 bits per heavy atom. The third kappa shape index (κ3) is 14.3. The molecule has 2 saturated heterocycles. The normalized spacial score (nSPS) is 27.8. The van der Waals surface area contributed by atoms with Crippen LogP contribution in [0.1, 0.15) is 162 Å². The predicted molar refractivity (Wildman–Crippen MR) is 177 cm³/mol. The van der Waals surface area contributed by atoms with E-state index in [1.165, 1.54) is 44.9 Å². The molecule has 2 fully saturated rings. The molecular formula is C37H66O8. The molecule has 0 aromatic rings. The summed E-state index contributed by atoms with van der Waals surface area (Å²) in [5.41, 5.74) is 0.859. The number of rotatable bonds is 25. The highest BCUT2D eigenvalue weighted by Crippen LogP contribution is 2.34. The van der Waals surface area contributed by atoms with Crippen molar-refractivity contribution in [3.05, 3.63) is 11.6 Å². The van der Waals surface area contributed by atoms with Gasteiger partial charge in [0.15, 0.2) is 0 Å². The van der Waals surface area contributed by atoms with E-state index in [9.17, 15) is 25.2 Å². The molecular weight excluding hydrogens is 572 g/mol. The topological polar surface area (TPSA) is 126 Å². The molecule has 45 heavy (non-hydrogen) atoms. The lowest BCUT2D eigenvalue weighted by Gasteiger charge is -2.24. The number of esters is 1. The lowest BCUT2D eigenvalue weighted by molar-refractivity contribution is -0.139. The average molecular weight is 639 g/mol. The quantitative estimate of drug-likeness (QED) is 0.0634. The maximum atomic E-state index is 11.6. The molecule has 3 aliphatic rings. The summed E-state index contributed by atoms with van der Waals surface area (Å²) in [5.74, 6) is -0.127. The van der Waals surface area contributed by atoms with Crippen LogP contribution in [0.25, 0.3) is 0 Å². The molecule has 0 bridgehead atoms. The molecule has 0 saturated carbocycles. The van der Waals surface area contributed by atoms with Crippen LogP contribution in [0.3, 0.4) is 0 Å². The van der Waals surface area contributed by atoms with Gasteiger partial charge in [0.25, 0.3) is 0 Å². The third-order valence-corrected chi connectivity index (χ3v) is 10.2. The highest BCUT2D eigenvalue weighted by Gasteiger charge is 2.40. The molecule has 0 spiro atoms. The van der Waals surface area contributed by atoms with E-state index < -0.39 is 24.4 Å². The SMILES string of the molecule is CC[C@H](O)[C@H](O)CCCCCC[C@H](O)[C@H]1CC[C@H]([C@H]2CC[C@H]([C@H](O)CCCCCCCCCCCCC3=C[C@H](C)OC3=O)O2)O1. The minimum atomic E-state index is -0.628. The van der Waals surface area contributed by atoms with E-state index >= 15 is 0 Å². The minimum Gasteiger partial charge on any atom is -0.455 e. The summed E-state index contributed by atoms with van der Waals surface area (Å²) >= 11 is 0. The van der Waals surface area contributed by atoms with E-state index in [-0.39, 0.29) is 36.5 Å². The molecule has 0 unspecified atom stereocenters. The molecule has 8 heteroatoms. The van der Waals surface area contributed by atoms with Gasteiger partial charge in [0.1, 0.15) is 6.10 Å². The second-order valence-electron chi connectivity index (χ2n) is 14.1. The molecule has 8 nitrogen and oxygen atoms in total. The minimum absolute atomic E-state index is 0.0145. The summed E-state index contributed by atoms with van der Waals surface area (Å²) < 4.78 is 17.7. The second-order valence-corrected chi connectivity index (χ2v) is 14.1. The molecule has 0 radical (unpaired) electrons. The molecule has 0 amide bonds. The Hall–Kier alpha value is -1.03. The third-order valence-electron chi connectivity index (χ3n) is 10.2. The van der Waals surface area contributed by atoms with Crippen LogP contribution in [0, 0.1) is 0 Å². The smallest absolute Gasteiger partial charge is 0.334 e. The van der Waals surface area contributed by atoms with E-state index in [2.05, 4.69) is 0 Å². The molecule has 3 rings (SSSR count). The predicted octanol–water partition coefficient (Wildman–Crippen LogP) is 6.83. The van der Waals surface area contributed by atoms with Crippen molar-refractivity contribution in [3.8, 4) is 0 Å². The fraction of sp³-hybridized carbons (Fsp3) is 0.919. The van der Waals surface area contributed by atoms with Crippen LogP contribution < -0.4 is 0 Å². The zero-order chi connectivity index (χ0) is 32.4. The first-order valence-electron chi connectivity index (χ1n) is 18.7. The van der Waals surface area contributed by atoms with Gasteiger partial charge in [-0.25, -0.2) is 4.79 Å². The zero-order valence-electron chi connectivity index (χ0n) is 28.5. The van der Waals surface area contributed by atoms with Crippen molar-refractivity contribution in [2.75, 3.05) is 0 Å². The van der Waals surface area contributed by atoms with Gasteiger partial charge in [0.2, 0.25) is 0 Å². The van der Waals surface area contributed by atoms with Gasteiger partial charge >= 0.3 is 5.97 Å². The Morgan fingerprint density at radius 3 is 1.53 bits per heavy atom. The largest absolute Gasteiger partial charge is 0.455 e. The molecule has 0 aromatic carbocycles. The Balaban J connectivity index is 1.12. The highest BCUT2D eigenvalue weighted by atomic mass is 16.6. The van der Waals surface area contributed by atoms with Crippen LogP contribution in [0.4, 0.5) is 0 Å². The number of aliphatic hydroxyl groups excluding tert-OH is 4. The molecule has 0 aliphatic carbocycles. The van der Waals surface area contributed by atoms with Crippen molar-refractivity contribution in [2.45, 2.75) is 216 Å². The first kappa shape index (κ1) is 38.4. The van der Waals surface area contributed by atoms with Gasteiger partial charge in [0, 0.05) is 5.57 Å². The number of hydrogen-bond acceptors (Lipinski definition) is 8. The van der Waals surface area contributed by atoms with E-state index in [0.717, 1.165) is 95.5 Å². The summed E-state index contributed by atoms with van der Waals surface area (Å²) in [5, 5.41) is 41.0. The van der Waals surface area contributed by atoms with Crippen LogP contribution in [0.2, 0.25) is 0 Å². The van der Waals surface area contributed by atoms with Crippen molar-refractivity contribution in [1.29, 1.82) is 0 Å². The zero-order valence-corrected chi connectivity index (χ0v) is 28.5. The van der Waals surface area contributed by atoms with Crippen LogP contribution >= 0.6 is 0 Å². The summed E-state index contributed by atoms with van der Waals surface area (Å²) in [6.07, 6.45) is 22.5. The Kier molecular flexibility index (Phi) is 18.6. The molecule has 4 N–H and O–H groups in total. The van der Waals surface area contributed by atoms with Gasteiger partial charge in [-0.1, -0.05) is 90.4 Å². The number of ether oxygens (including phenoxy) is 3. The van der Waals surface area contributed by atoms with Crippen LogP contribution in [-0.4, -0.2) is 81.3 Å². The van der Waals surface area contributed by atoms with Crippen LogP contribution in [0.5, 0.6) is 0 Å². The van der Waals surface area contributed by atoms with Crippen LogP contribution in [-0.2, 0) is 19.0 Å². The van der Waals surface area contributed by atoms with Gasteiger partial charge in [-0.2, -0.15) is 0 Å². The van der Waals surface area contributed by atoms with Crippen LogP contribution in [0.15, 0.2) is 11.6 Å². The number of hydrogen-bond donors (Lipinski definition) is 4. The van der Waals surface area contributed by atoms with Crippen molar-refractivity contribution >= 4 is 5.97 Å². The molecule has 0 aromatic heterocycles. The average Bonchev–Trinajstić information content (AvgIpc) is 3.78. The highest BCUT2D eigenvalue weighted by molar-refractivity contribution is 5.90. The first-order chi connectivity index (χ1) is 21.8. The Bertz CT molecular complexity index is 833. The Labute approximate surface area is 273 Å². The number of cyclic esters (lactones) is 1. The first-order valence-corrected chi connectivity index (χ1v) is 18.7. The maximum Gasteiger partial charge on any atom is 0.334 e. The molecule has 9 atom stereocenters. The maximum absolute atomic E-state index is 11.6. The number of carbonyl (C=O) groups is 1. The standard InChI is InChI=1S/C37H66O8/c1-3-29(38)30(39)19-15-12-13-17-21-32(41)34-23-25-36(45-34)35-24-22-33(44-35)31(40)20-16-11-9-7-5-4-6-8-10-14-18-28-26-27(2)43-37(28)42/h26-27,29-36,38-41H,3-25H2,1-2H3/t27-,29-,30+,31+,32-,33+,34+,35+,36+/m0/s1. The van der Waals surface area contributed by atoms with E-state index in [0.29, 0.717) is 12.8 Å².